The van der Waals surface area contributed by atoms with Crippen LogP contribution in [0.3, 0.4) is 0 Å². The van der Waals surface area contributed by atoms with E-state index < -0.39 is 47.1 Å². The number of likely N-dealkylation sites (N-methyl/N-ethyl adjacent to an activating group) is 1. The molecule has 2 N–H and O–H groups in total. The van der Waals surface area contributed by atoms with Gasteiger partial charge in [0.1, 0.15) is 17.7 Å². The van der Waals surface area contributed by atoms with E-state index in [2.05, 4.69) is 29.6 Å². The number of benzene rings is 2. The molecule has 3 fully saturated rings. The summed E-state index contributed by atoms with van der Waals surface area (Å²) < 4.78 is 24.8. The number of hydrogen-bond donors (Lipinski definition) is 2. The number of fused-ring (bicyclic) bond motifs is 2. The summed E-state index contributed by atoms with van der Waals surface area (Å²) in [4.78, 5) is 53.8. The van der Waals surface area contributed by atoms with Gasteiger partial charge in [-0.25, -0.2) is 0 Å². The molecule has 3 heterocycles. The number of ether oxygens (including phenoxy) is 4. The van der Waals surface area contributed by atoms with E-state index in [-0.39, 0.29) is 24.5 Å². The molecular weight excluding hydrogens is 666 g/mol. The molecule has 0 radical (unpaired) electrons. The smallest absolute Gasteiger partial charge is 0.303 e. The van der Waals surface area contributed by atoms with Crippen LogP contribution in [0.15, 0.2) is 42.5 Å². The highest BCUT2D eigenvalue weighted by atomic mass is 16.8. The standard InChI is InChI=1S/C40H55N3O9/c1-25-12-17-32(40-36(51-28(4)45)35(50-27(3)44)26(2)39(52-40,24-49-40)38(5,6)48)23-31(25)22-30-15-13-29(14-16-30)10-9-11-34(46)43-20-18-33(43)37(47)41-19-21-42(7)8/h12-17,23,26,33,35-36,48H,9-11,18-22,24H2,1-8H3,(H,41,47)/t26-,33-,35-,36+,39-,40-/m0/s1. The predicted octanol–water partition coefficient (Wildman–Crippen LogP) is 3.41. The average molecular weight is 722 g/mol. The van der Waals surface area contributed by atoms with Crippen molar-refractivity contribution in [1.82, 2.24) is 15.1 Å². The van der Waals surface area contributed by atoms with Gasteiger partial charge in [-0.2, -0.15) is 0 Å². The van der Waals surface area contributed by atoms with Gasteiger partial charge in [-0.1, -0.05) is 43.3 Å². The number of aryl methyl sites for hydroxylation is 2. The zero-order valence-electron chi connectivity index (χ0n) is 31.8. The average Bonchev–Trinajstić information content (AvgIpc) is 3.43. The quantitative estimate of drug-likeness (QED) is 0.279. The molecule has 5 rings (SSSR count). The molecule has 284 valence electrons. The maximum Gasteiger partial charge on any atom is 0.303 e. The van der Waals surface area contributed by atoms with Crippen LogP contribution < -0.4 is 5.32 Å². The summed E-state index contributed by atoms with van der Waals surface area (Å²) in [5, 5.41) is 14.3. The molecule has 0 aromatic heterocycles. The van der Waals surface area contributed by atoms with E-state index in [1.54, 1.807) is 25.7 Å². The predicted molar refractivity (Wildman–Crippen MR) is 193 cm³/mol. The summed E-state index contributed by atoms with van der Waals surface area (Å²) in [5.74, 6) is -3.39. The lowest BCUT2D eigenvalue weighted by Gasteiger charge is -2.53. The Hall–Kier alpha value is -3.84. The molecule has 0 aliphatic carbocycles. The number of hydrogen-bond acceptors (Lipinski definition) is 10. The summed E-state index contributed by atoms with van der Waals surface area (Å²) in [6.07, 6.45) is 1.06. The van der Waals surface area contributed by atoms with Crippen molar-refractivity contribution in [2.24, 2.45) is 5.92 Å². The van der Waals surface area contributed by atoms with Crippen molar-refractivity contribution in [3.63, 3.8) is 0 Å². The van der Waals surface area contributed by atoms with Gasteiger partial charge in [-0.3, -0.25) is 19.2 Å². The molecule has 2 aromatic carbocycles. The van der Waals surface area contributed by atoms with Gasteiger partial charge in [-0.05, 0) is 88.9 Å². The van der Waals surface area contributed by atoms with Crippen molar-refractivity contribution in [2.45, 2.75) is 109 Å². The van der Waals surface area contributed by atoms with Crippen molar-refractivity contribution in [2.75, 3.05) is 40.3 Å². The molecule has 12 heteroatoms. The molecule has 0 spiro atoms. The van der Waals surface area contributed by atoms with E-state index in [0.717, 1.165) is 35.2 Å². The fraction of sp³-hybridized carbons (Fsp3) is 0.600. The largest absolute Gasteiger partial charge is 0.458 e. The molecule has 12 nitrogen and oxygen atoms in total. The van der Waals surface area contributed by atoms with Crippen LogP contribution in [0.1, 0.15) is 81.7 Å². The second kappa shape index (κ2) is 15.6. The Bertz CT molecular complexity index is 1640. The summed E-state index contributed by atoms with van der Waals surface area (Å²) in [5.41, 5.74) is 2.17. The van der Waals surface area contributed by atoms with Crippen LogP contribution in [-0.4, -0.2) is 108 Å². The highest BCUT2D eigenvalue weighted by Crippen LogP contribution is 2.57. The highest BCUT2D eigenvalue weighted by molar-refractivity contribution is 5.89. The number of rotatable bonds is 14. The van der Waals surface area contributed by atoms with E-state index in [4.69, 9.17) is 18.9 Å². The van der Waals surface area contributed by atoms with Crippen molar-refractivity contribution in [3.05, 3.63) is 70.3 Å². The van der Waals surface area contributed by atoms with E-state index in [9.17, 15) is 24.3 Å². The van der Waals surface area contributed by atoms with Crippen LogP contribution in [-0.2, 0) is 56.8 Å². The third-order valence-electron chi connectivity index (χ3n) is 10.9. The summed E-state index contributed by atoms with van der Waals surface area (Å²) in [6.45, 7) is 11.6. The van der Waals surface area contributed by atoms with Crippen LogP contribution in [0.4, 0.5) is 0 Å². The minimum atomic E-state index is -1.63. The Kier molecular flexibility index (Phi) is 11.8. The fourth-order valence-corrected chi connectivity index (χ4v) is 7.69. The normalized spacial score (nSPS) is 26.8. The number of carbonyl (C=O) groups excluding carboxylic acids is 4. The van der Waals surface area contributed by atoms with Crippen molar-refractivity contribution < 1.29 is 43.2 Å². The molecule has 3 saturated heterocycles. The van der Waals surface area contributed by atoms with Crippen LogP contribution in [0.25, 0.3) is 0 Å². The Morgan fingerprint density at radius 3 is 2.31 bits per heavy atom. The highest BCUT2D eigenvalue weighted by Gasteiger charge is 2.72. The van der Waals surface area contributed by atoms with Crippen LogP contribution in [0, 0.1) is 12.8 Å². The molecule has 3 aliphatic heterocycles. The number of likely N-dealkylation sites (tertiary alicyclic amines) is 1. The van der Waals surface area contributed by atoms with Gasteiger partial charge in [0.25, 0.3) is 0 Å². The first-order valence-corrected chi connectivity index (χ1v) is 18.3. The van der Waals surface area contributed by atoms with Gasteiger partial charge in [0.15, 0.2) is 6.10 Å². The lowest BCUT2D eigenvalue weighted by molar-refractivity contribution is -0.339. The number of nitrogens with one attached hydrogen (secondary N) is 1. The first kappa shape index (κ1) is 39.4. The third-order valence-corrected chi connectivity index (χ3v) is 10.9. The first-order chi connectivity index (χ1) is 24.5. The van der Waals surface area contributed by atoms with Gasteiger partial charge in [0.05, 0.1) is 12.2 Å². The van der Waals surface area contributed by atoms with E-state index in [1.165, 1.54) is 13.8 Å². The second-order valence-corrected chi connectivity index (χ2v) is 15.4. The molecule has 0 saturated carbocycles. The number of carbonyl (C=O) groups is 4. The van der Waals surface area contributed by atoms with E-state index in [0.29, 0.717) is 44.3 Å². The minimum absolute atomic E-state index is 0.00549. The Morgan fingerprint density at radius 2 is 1.71 bits per heavy atom. The summed E-state index contributed by atoms with van der Waals surface area (Å²) >= 11 is 0. The molecule has 2 bridgehead atoms. The zero-order valence-corrected chi connectivity index (χ0v) is 31.8. The number of esters is 2. The van der Waals surface area contributed by atoms with Crippen molar-refractivity contribution >= 4 is 23.8 Å². The van der Waals surface area contributed by atoms with Crippen LogP contribution >= 0.6 is 0 Å². The number of amides is 2. The maximum atomic E-state index is 12.9. The zero-order chi connectivity index (χ0) is 38.0. The Balaban J connectivity index is 1.27. The molecule has 2 aromatic rings. The van der Waals surface area contributed by atoms with Crippen molar-refractivity contribution in [1.29, 1.82) is 0 Å². The third kappa shape index (κ3) is 8.05. The van der Waals surface area contributed by atoms with Crippen LogP contribution in [0.2, 0.25) is 0 Å². The molecular formula is C40H55N3O9. The topological polar surface area (TPSA) is 144 Å². The molecule has 0 unspecified atom stereocenters. The van der Waals surface area contributed by atoms with E-state index >= 15 is 0 Å². The monoisotopic (exact) mass is 721 g/mol. The number of nitrogens with zero attached hydrogens (tertiary/aromatic N) is 2. The SMILES string of the molecule is CC(=O)O[C@@H]1[C@@H](OC(C)=O)[C@@]2(c3ccc(C)c(Cc4ccc(CCCC(=O)N5CC[C@H]5C(=O)NCCN(C)C)cc4)c3)OC[C@](C(C)(C)O)(O2)[C@H]1C. The summed E-state index contributed by atoms with van der Waals surface area (Å²) in [6, 6.07) is 13.7. The lowest BCUT2D eigenvalue weighted by Crippen LogP contribution is -2.68. The van der Waals surface area contributed by atoms with Gasteiger partial charge < -0.3 is 39.2 Å². The van der Waals surface area contributed by atoms with E-state index in [1.807, 2.05) is 44.1 Å². The minimum Gasteiger partial charge on any atom is -0.458 e. The van der Waals surface area contributed by atoms with Gasteiger partial charge in [0, 0.05) is 51.4 Å². The fourth-order valence-electron chi connectivity index (χ4n) is 7.69. The number of aliphatic hydroxyl groups is 1. The van der Waals surface area contributed by atoms with Crippen LogP contribution in [0.5, 0.6) is 0 Å². The van der Waals surface area contributed by atoms with Gasteiger partial charge >= 0.3 is 11.9 Å². The van der Waals surface area contributed by atoms with Gasteiger partial charge in [0.2, 0.25) is 17.6 Å². The Labute approximate surface area is 307 Å². The molecule has 3 aliphatic rings. The molecule has 2 amide bonds. The molecule has 6 atom stereocenters. The molecule has 52 heavy (non-hydrogen) atoms. The summed E-state index contributed by atoms with van der Waals surface area (Å²) in [7, 11) is 3.91. The lowest BCUT2D eigenvalue weighted by atomic mass is 9.70. The van der Waals surface area contributed by atoms with Crippen molar-refractivity contribution in [3.8, 4) is 0 Å². The second-order valence-electron chi connectivity index (χ2n) is 15.4. The first-order valence-electron chi connectivity index (χ1n) is 18.3. The van der Waals surface area contributed by atoms with Gasteiger partial charge in [-0.15, -0.1) is 0 Å². The maximum absolute atomic E-state index is 12.9. The Morgan fingerprint density at radius 1 is 1.04 bits per heavy atom.